The second-order valence-electron chi connectivity index (χ2n) is 6.41. The summed E-state index contributed by atoms with van der Waals surface area (Å²) < 4.78 is 5.39. The fraction of sp³-hybridized carbons (Fsp3) is 0.667. The maximum Gasteiger partial charge on any atom is 0.410 e. The van der Waals surface area contributed by atoms with E-state index in [4.69, 9.17) is 16.3 Å². The van der Waals surface area contributed by atoms with Crippen LogP contribution in [0.1, 0.15) is 39.3 Å². The number of amides is 1. The molecule has 2 heterocycles. The molecule has 1 amide bonds. The van der Waals surface area contributed by atoms with E-state index in [0.29, 0.717) is 11.1 Å². The van der Waals surface area contributed by atoms with Gasteiger partial charge in [0.2, 0.25) is 0 Å². The Morgan fingerprint density at radius 2 is 1.95 bits per heavy atom. The number of ether oxygens (including phenoxy) is 1. The van der Waals surface area contributed by atoms with E-state index >= 15 is 0 Å². The van der Waals surface area contributed by atoms with Crippen molar-refractivity contribution in [2.24, 2.45) is 5.92 Å². The van der Waals surface area contributed by atoms with Gasteiger partial charge in [-0.05, 0) is 46.0 Å². The van der Waals surface area contributed by atoms with Gasteiger partial charge in [-0.2, -0.15) is 0 Å². The van der Waals surface area contributed by atoms with E-state index in [-0.39, 0.29) is 6.09 Å². The van der Waals surface area contributed by atoms with Gasteiger partial charge in [-0.15, -0.1) is 0 Å². The van der Waals surface area contributed by atoms with Gasteiger partial charge in [0.15, 0.2) is 0 Å². The number of piperidine rings is 1. The Kier molecular flexibility index (Phi) is 5.04. The highest BCUT2D eigenvalue weighted by Gasteiger charge is 2.27. The topological polar surface area (TPSA) is 55.3 Å². The molecule has 1 saturated heterocycles. The molecule has 1 aliphatic rings. The van der Waals surface area contributed by atoms with Gasteiger partial charge in [0.05, 0.1) is 5.69 Å². The summed E-state index contributed by atoms with van der Waals surface area (Å²) in [5.74, 6) is 0.484. The van der Waals surface area contributed by atoms with Crippen molar-refractivity contribution < 1.29 is 9.53 Å². The Hall–Kier alpha value is -1.36. The average Bonchev–Trinajstić information content (AvgIpc) is 2.40. The van der Waals surface area contributed by atoms with Gasteiger partial charge < -0.3 is 9.64 Å². The van der Waals surface area contributed by atoms with Gasteiger partial charge in [-0.3, -0.25) is 4.98 Å². The summed E-state index contributed by atoms with van der Waals surface area (Å²) in [6.07, 6.45) is 5.72. The summed E-state index contributed by atoms with van der Waals surface area (Å²) in [6, 6.07) is 0. The van der Waals surface area contributed by atoms with Crippen LogP contribution in [-0.2, 0) is 11.2 Å². The Morgan fingerprint density at radius 1 is 1.33 bits per heavy atom. The molecular weight excluding hydrogens is 290 g/mol. The van der Waals surface area contributed by atoms with Crippen molar-refractivity contribution in [3.05, 3.63) is 23.2 Å². The van der Waals surface area contributed by atoms with Crippen LogP contribution in [0.25, 0.3) is 0 Å². The Balaban J connectivity index is 1.83. The molecule has 2 rings (SSSR count). The standard InChI is InChI=1S/C15H22ClN3O2/c1-15(2,3)21-14(20)19-8-4-11(5-9-19)10-12-13(16)18-7-6-17-12/h6-7,11H,4-5,8-10H2,1-3H3. The average molecular weight is 312 g/mol. The summed E-state index contributed by atoms with van der Waals surface area (Å²) in [4.78, 5) is 22.1. The largest absolute Gasteiger partial charge is 0.444 e. The van der Waals surface area contributed by atoms with E-state index in [2.05, 4.69) is 9.97 Å². The molecule has 0 unspecified atom stereocenters. The monoisotopic (exact) mass is 311 g/mol. The van der Waals surface area contributed by atoms with Crippen LogP contribution in [0.5, 0.6) is 0 Å². The molecule has 0 aliphatic carbocycles. The van der Waals surface area contributed by atoms with Crippen LogP contribution in [0.2, 0.25) is 5.15 Å². The van der Waals surface area contributed by atoms with Crippen LogP contribution in [0.4, 0.5) is 4.79 Å². The summed E-state index contributed by atoms with van der Waals surface area (Å²) in [5, 5.41) is 0.479. The van der Waals surface area contributed by atoms with E-state index in [0.717, 1.165) is 38.0 Å². The predicted molar refractivity (Wildman–Crippen MR) is 81.3 cm³/mol. The minimum atomic E-state index is -0.443. The lowest BCUT2D eigenvalue weighted by atomic mass is 9.92. The molecule has 0 N–H and O–H groups in total. The van der Waals surface area contributed by atoms with Crippen molar-refractivity contribution >= 4 is 17.7 Å². The lowest BCUT2D eigenvalue weighted by Gasteiger charge is -2.33. The van der Waals surface area contributed by atoms with Gasteiger partial charge in [0.1, 0.15) is 10.8 Å². The normalized spacial score (nSPS) is 16.9. The van der Waals surface area contributed by atoms with Crippen LogP contribution in [0.15, 0.2) is 12.4 Å². The Bertz CT molecular complexity index is 494. The summed E-state index contributed by atoms with van der Waals surface area (Å²) in [6.45, 7) is 7.09. The van der Waals surface area contributed by atoms with Gasteiger partial charge in [0.25, 0.3) is 0 Å². The lowest BCUT2D eigenvalue weighted by Crippen LogP contribution is -2.42. The van der Waals surface area contributed by atoms with E-state index in [9.17, 15) is 4.79 Å². The van der Waals surface area contributed by atoms with Crippen molar-refractivity contribution in [1.29, 1.82) is 0 Å². The van der Waals surface area contributed by atoms with Crippen molar-refractivity contribution in [2.75, 3.05) is 13.1 Å². The molecule has 1 aliphatic heterocycles. The van der Waals surface area contributed by atoms with Crippen LogP contribution >= 0.6 is 11.6 Å². The zero-order valence-electron chi connectivity index (χ0n) is 12.8. The minimum absolute atomic E-state index is 0.224. The first kappa shape index (κ1) is 16.0. The number of carbonyl (C=O) groups is 1. The molecular formula is C15H22ClN3O2. The molecule has 0 bridgehead atoms. The molecule has 0 aromatic carbocycles. The molecule has 6 heteroatoms. The highest BCUT2D eigenvalue weighted by Crippen LogP contribution is 2.24. The van der Waals surface area contributed by atoms with Gasteiger partial charge in [-0.1, -0.05) is 11.6 Å². The molecule has 0 saturated carbocycles. The van der Waals surface area contributed by atoms with Crippen LogP contribution in [0.3, 0.4) is 0 Å². The van der Waals surface area contributed by atoms with Crippen LogP contribution in [-0.4, -0.2) is 39.7 Å². The fourth-order valence-corrected chi connectivity index (χ4v) is 2.59. The van der Waals surface area contributed by atoms with Crippen molar-refractivity contribution in [3.8, 4) is 0 Å². The summed E-state index contributed by atoms with van der Waals surface area (Å²) >= 11 is 6.04. The predicted octanol–water partition coefficient (Wildman–Crippen LogP) is 3.32. The molecule has 1 fully saturated rings. The van der Waals surface area contributed by atoms with Crippen LogP contribution in [0, 0.1) is 5.92 Å². The SMILES string of the molecule is CC(C)(C)OC(=O)N1CCC(Cc2nccnc2Cl)CC1. The molecule has 5 nitrogen and oxygen atoms in total. The number of likely N-dealkylation sites (tertiary alicyclic amines) is 1. The number of rotatable bonds is 2. The van der Waals surface area contributed by atoms with E-state index in [1.807, 2.05) is 20.8 Å². The molecule has 1 aromatic rings. The van der Waals surface area contributed by atoms with Gasteiger partial charge >= 0.3 is 6.09 Å². The number of carbonyl (C=O) groups excluding carboxylic acids is 1. The van der Waals surface area contributed by atoms with Gasteiger partial charge in [0, 0.05) is 25.5 Å². The number of hydrogen-bond donors (Lipinski definition) is 0. The molecule has 21 heavy (non-hydrogen) atoms. The first-order valence-corrected chi connectivity index (χ1v) is 7.66. The highest BCUT2D eigenvalue weighted by atomic mass is 35.5. The maximum atomic E-state index is 12.0. The smallest absolute Gasteiger partial charge is 0.410 e. The molecule has 0 atom stereocenters. The van der Waals surface area contributed by atoms with E-state index in [1.165, 1.54) is 0 Å². The first-order valence-electron chi connectivity index (χ1n) is 7.28. The highest BCUT2D eigenvalue weighted by molar-refractivity contribution is 6.29. The van der Waals surface area contributed by atoms with E-state index in [1.54, 1.807) is 17.3 Å². The second-order valence-corrected chi connectivity index (χ2v) is 6.77. The van der Waals surface area contributed by atoms with Gasteiger partial charge in [-0.25, -0.2) is 9.78 Å². The summed E-state index contributed by atoms with van der Waals surface area (Å²) in [7, 11) is 0. The molecule has 116 valence electrons. The molecule has 1 aromatic heterocycles. The molecule has 0 radical (unpaired) electrons. The molecule has 0 spiro atoms. The zero-order valence-corrected chi connectivity index (χ0v) is 13.6. The third kappa shape index (κ3) is 4.84. The number of hydrogen-bond acceptors (Lipinski definition) is 4. The second kappa shape index (κ2) is 6.60. The quantitative estimate of drug-likeness (QED) is 0.840. The Morgan fingerprint density at radius 3 is 2.52 bits per heavy atom. The lowest BCUT2D eigenvalue weighted by molar-refractivity contribution is 0.0184. The number of halogens is 1. The van der Waals surface area contributed by atoms with Crippen molar-refractivity contribution in [1.82, 2.24) is 14.9 Å². The first-order chi connectivity index (χ1) is 9.85. The number of nitrogens with zero attached hydrogens (tertiary/aromatic N) is 3. The van der Waals surface area contributed by atoms with Crippen molar-refractivity contribution in [2.45, 2.75) is 45.6 Å². The third-order valence-electron chi connectivity index (χ3n) is 3.47. The number of aromatic nitrogens is 2. The maximum absolute atomic E-state index is 12.0. The minimum Gasteiger partial charge on any atom is -0.444 e. The fourth-order valence-electron chi connectivity index (χ4n) is 2.41. The zero-order chi connectivity index (χ0) is 15.5. The van der Waals surface area contributed by atoms with Crippen molar-refractivity contribution in [3.63, 3.8) is 0 Å². The third-order valence-corrected chi connectivity index (χ3v) is 3.79. The Labute approximate surface area is 130 Å². The van der Waals surface area contributed by atoms with E-state index < -0.39 is 5.60 Å². The summed E-state index contributed by atoms with van der Waals surface area (Å²) in [5.41, 5.74) is 0.399. The van der Waals surface area contributed by atoms with Crippen LogP contribution < -0.4 is 0 Å².